The minimum absolute atomic E-state index is 1.05. The van der Waals surface area contributed by atoms with Crippen LogP contribution in [-0.4, -0.2) is 0 Å². The molecule has 0 aliphatic heterocycles. The normalized spacial score (nSPS) is 10.9. The van der Waals surface area contributed by atoms with Gasteiger partial charge in [0.25, 0.3) is 0 Å². The van der Waals surface area contributed by atoms with Gasteiger partial charge in [0, 0.05) is 68.2 Å². The standard InChI is InChI=1S/C57H48N4/c1-43-17-15-26-55(41-43)59(46-20-7-4-8-21-46)52-33-29-49(30-34-52)58(50-31-35-53(36-32-50)60(47-22-9-5-10-23-47)56-27-16-18-44(2)42-56)51-37-39-54(40-38-51)61(48-24-11-6-12-25-48)57-28-14-13-19-45(57)3/h4-42H,1-3H3. The topological polar surface area (TPSA) is 13.0 Å². The maximum absolute atomic E-state index is 2.34. The van der Waals surface area contributed by atoms with Crippen molar-refractivity contribution in [3.8, 4) is 0 Å². The monoisotopic (exact) mass is 788 g/mol. The van der Waals surface area contributed by atoms with Gasteiger partial charge in [-0.2, -0.15) is 0 Å². The highest BCUT2D eigenvalue weighted by Crippen LogP contribution is 2.43. The van der Waals surface area contributed by atoms with Crippen molar-refractivity contribution < 1.29 is 0 Å². The zero-order valence-electron chi connectivity index (χ0n) is 34.8. The van der Waals surface area contributed by atoms with Gasteiger partial charge in [0.15, 0.2) is 0 Å². The van der Waals surface area contributed by atoms with Crippen molar-refractivity contribution in [3.63, 3.8) is 0 Å². The van der Waals surface area contributed by atoms with Gasteiger partial charge in [-0.25, -0.2) is 0 Å². The molecule has 4 heteroatoms. The van der Waals surface area contributed by atoms with E-state index in [1.165, 1.54) is 16.7 Å². The molecule has 0 saturated carbocycles. The SMILES string of the molecule is Cc1cccc(N(c2ccccc2)c2ccc(N(c3ccc(N(c4ccccc4)c4cccc(C)c4)cc3)c3ccc(N(c4ccccc4)c4ccccc4C)cc3)cc2)c1. The van der Waals surface area contributed by atoms with E-state index in [1.54, 1.807) is 0 Å². The van der Waals surface area contributed by atoms with Crippen LogP contribution >= 0.6 is 0 Å². The van der Waals surface area contributed by atoms with E-state index < -0.39 is 0 Å². The first kappa shape index (κ1) is 38.7. The van der Waals surface area contributed by atoms with Crippen LogP contribution in [0.4, 0.5) is 68.2 Å². The molecule has 0 radical (unpaired) electrons. The Labute approximate surface area is 360 Å². The molecule has 0 aliphatic rings. The number of benzene rings is 9. The summed E-state index contributed by atoms with van der Waals surface area (Å²) in [7, 11) is 0. The summed E-state index contributed by atoms with van der Waals surface area (Å²) in [6.07, 6.45) is 0. The van der Waals surface area contributed by atoms with Gasteiger partial charge in [-0.05, 0) is 177 Å². The fourth-order valence-electron chi connectivity index (χ4n) is 8.10. The Morgan fingerprint density at radius 3 is 0.820 bits per heavy atom. The first-order valence-corrected chi connectivity index (χ1v) is 20.8. The van der Waals surface area contributed by atoms with Gasteiger partial charge in [-0.3, -0.25) is 0 Å². The summed E-state index contributed by atoms with van der Waals surface area (Å²) >= 11 is 0. The van der Waals surface area contributed by atoms with Crippen molar-refractivity contribution in [1.29, 1.82) is 0 Å². The minimum atomic E-state index is 1.05. The minimum Gasteiger partial charge on any atom is -0.310 e. The predicted octanol–water partition coefficient (Wildman–Crippen LogP) is 16.5. The molecule has 9 aromatic rings. The number of rotatable bonds is 12. The third-order valence-corrected chi connectivity index (χ3v) is 11.0. The van der Waals surface area contributed by atoms with Gasteiger partial charge in [0.2, 0.25) is 0 Å². The van der Waals surface area contributed by atoms with Crippen LogP contribution in [0.2, 0.25) is 0 Å². The lowest BCUT2D eigenvalue weighted by molar-refractivity contribution is 1.23. The summed E-state index contributed by atoms with van der Waals surface area (Å²) in [5.74, 6) is 0. The largest absolute Gasteiger partial charge is 0.310 e. The first-order chi connectivity index (χ1) is 30.0. The molecule has 9 aromatic carbocycles. The lowest BCUT2D eigenvalue weighted by atomic mass is 10.1. The van der Waals surface area contributed by atoms with Crippen LogP contribution in [0.5, 0.6) is 0 Å². The number of aryl methyl sites for hydroxylation is 3. The second kappa shape index (κ2) is 17.6. The van der Waals surface area contributed by atoms with E-state index in [0.717, 1.165) is 68.2 Å². The smallest absolute Gasteiger partial charge is 0.0490 e. The van der Waals surface area contributed by atoms with Crippen molar-refractivity contribution in [3.05, 3.63) is 253 Å². The molecule has 9 rings (SSSR count). The van der Waals surface area contributed by atoms with Crippen molar-refractivity contribution in [2.24, 2.45) is 0 Å². The summed E-state index contributed by atoms with van der Waals surface area (Å²) in [6, 6.07) is 84.4. The molecule has 0 bridgehead atoms. The summed E-state index contributed by atoms with van der Waals surface area (Å²) in [5.41, 5.74) is 16.8. The van der Waals surface area contributed by atoms with E-state index in [0.29, 0.717) is 0 Å². The van der Waals surface area contributed by atoms with E-state index in [1.807, 2.05) is 0 Å². The van der Waals surface area contributed by atoms with Crippen LogP contribution in [0.3, 0.4) is 0 Å². The molecule has 0 amide bonds. The van der Waals surface area contributed by atoms with E-state index in [-0.39, 0.29) is 0 Å². The Hall–Kier alpha value is -7.82. The molecule has 0 aromatic heterocycles. The van der Waals surface area contributed by atoms with Crippen LogP contribution in [0.1, 0.15) is 16.7 Å². The van der Waals surface area contributed by atoms with E-state index in [2.05, 4.69) is 277 Å². The molecule has 0 saturated heterocycles. The van der Waals surface area contributed by atoms with Crippen molar-refractivity contribution in [1.82, 2.24) is 0 Å². The fourth-order valence-corrected chi connectivity index (χ4v) is 8.10. The number of para-hydroxylation sites is 4. The van der Waals surface area contributed by atoms with Crippen LogP contribution < -0.4 is 19.6 Å². The van der Waals surface area contributed by atoms with E-state index in [9.17, 15) is 0 Å². The molecular formula is C57H48N4. The molecule has 0 N–H and O–H groups in total. The molecule has 0 spiro atoms. The van der Waals surface area contributed by atoms with Gasteiger partial charge in [0.05, 0.1) is 0 Å². The zero-order chi connectivity index (χ0) is 41.5. The molecular weight excluding hydrogens is 741 g/mol. The lowest BCUT2D eigenvalue weighted by Gasteiger charge is -2.30. The van der Waals surface area contributed by atoms with Crippen molar-refractivity contribution >= 4 is 68.2 Å². The summed E-state index contributed by atoms with van der Waals surface area (Å²) in [4.78, 5) is 9.31. The maximum atomic E-state index is 2.34. The number of hydrogen-bond donors (Lipinski definition) is 0. The van der Waals surface area contributed by atoms with Gasteiger partial charge in [-0.15, -0.1) is 0 Å². The van der Waals surface area contributed by atoms with Gasteiger partial charge in [-0.1, -0.05) is 97.1 Å². The highest BCUT2D eigenvalue weighted by molar-refractivity contribution is 5.85. The fraction of sp³-hybridized carbons (Fsp3) is 0.0526. The van der Waals surface area contributed by atoms with Gasteiger partial charge < -0.3 is 19.6 Å². The number of anilines is 12. The predicted molar refractivity (Wildman–Crippen MR) is 259 cm³/mol. The Bertz CT molecular complexity index is 2690. The van der Waals surface area contributed by atoms with Gasteiger partial charge in [0.1, 0.15) is 0 Å². The van der Waals surface area contributed by atoms with Crippen LogP contribution in [0, 0.1) is 20.8 Å². The van der Waals surface area contributed by atoms with Crippen molar-refractivity contribution in [2.75, 3.05) is 19.6 Å². The summed E-state index contributed by atoms with van der Waals surface area (Å²) < 4.78 is 0. The average molecular weight is 789 g/mol. The third kappa shape index (κ3) is 8.38. The third-order valence-electron chi connectivity index (χ3n) is 11.0. The molecule has 0 atom stereocenters. The highest BCUT2D eigenvalue weighted by atomic mass is 15.2. The van der Waals surface area contributed by atoms with Gasteiger partial charge >= 0.3 is 0 Å². The second-order valence-corrected chi connectivity index (χ2v) is 15.4. The highest BCUT2D eigenvalue weighted by Gasteiger charge is 2.20. The lowest BCUT2D eigenvalue weighted by Crippen LogP contribution is -2.14. The molecule has 61 heavy (non-hydrogen) atoms. The van der Waals surface area contributed by atoms with Crippen molar-refractivity contribution in [2.45, 2.75) is 20.8 Å². The van der Waals surface area contributed by atoms with E-state index >= 15 is 0 Å². The Kier molecular flexibility index (Phi) is 11.1. The Morgan fingerprint density at radius 2 is 0.475 bits per heavy atom. The average Bonchev–Trinajstić information content (AvgIpc) is 3.30. The molecule has 296 valence electrons. The van der Waals surface area contributed by atoms with E-state index in [4.69, 9.17) is 0 Å². The second-order valence-electron chi connectivity index (χ2n) is 15.4. The van der Waals surface area contributed by atoms with Crippen LogP contribution in [-0.2, 0) is 0 Å². The Balaban J connectivity index is 1.14. The summed E-state index contributed by atoms with van der Waals surface area (Å²) in [5, 5.41) is 0. The molecule has 0 unspecified atom stereocenters. The molecule has 0 fully saturated rings. The zero-order valence-corrected chi connectivity index (χ0v) is 34.8. The van der Waals surface area contributed by atoms with Crippen LogP contribution in [0.15, 0.2) is 237 Å². The molecule has 0 aliphatic carbocycles. The summed E-state index contributed by atoms with van der Waals surface area (Å²) in [6.45, 7) is 6.46. The number of nitrogens with zero attached hydrogens (tertiary/aromatic N) is 4. The first-order valence-electron chi connectivity index (χ1n) is 20.8. The number of hydrogen-bond acceptors (Lipinski definition) is 4. The molecule has 4 nitrogen and oxygen atoms in total. The van der Waals surface area contributed by atoms with Crippen LogP contribution in [0.25, 0.3) is 0 Å². The quantitative estimate of drug-likeness (QED) is 0.122. The Morgan fingerprint density at radius 1 is 0.213 bits per heavy atom. The molecule has 0 heterocycles. The maximum Gasteiger partial charge on any atom is 0.0490 e.